The van der Waals surface area contributed by atoms with E-state index in [0.29, 0.717) is 0 Å². The highest BCUT2D eigenvalue weighted by molar-refractivity contribution is 9.09. The molecule has 3 heteroatoms. The maximum atomic E-state index is 3.43. The molecule has 11 heavy (non-hydrogen) atoms. The van der Waals surface area contributed by atoms with Crippen LogP contribution in [0.25, 0.3) is 0 Å². The summed E-state index contributed by atoms with van der Waals surface area (Å²) in [5.41, 5.74) is 0. The molecular weight excluding hydrogens is 240 g/mol. The molecule has 0 aromatic carbocycles. The molecule has 0 fully saturated rings. The normalized spacial score (nSPS) is 10.4. The first-order valence-corrected chi connectivity index (χ1v) is 6.56. The Kier molecular flexibility index (Phi) is 4.57. The number of thiophene rings is 1. The first kappa shape index (κ1) is 9.62. The van der Waals surface area contributed by atoms with Crippen molar-refractivity contribution in [1.82, 2.24) is 0 Å². The van der Waals surface area contributed by atoms with Gasteiger partial charge in [-0.1, -0.05) is 22.9 Å². The van der Waals surface area contributed by atoms with E-state index >= 15 is 0 Å². The number of thioether (sulfide) groups is 1. The van der Waals surface area contributed by atoms with E-state index in [1.54, 1.807) is 0 Å². The summed E-state index contributed by atoms with van der Waals surface area (Å²) in [7, 11) is 0. The topological polar surface area (TPSA) is 0 Å². The van der Waals surface area contributed by atoms with Gasteiger partial charge in [0, 0.05) is 10.2 Å². The van der Waals surface area contributed by atoms with Gasteiger partial charge < -0.3 is 0 Å². The maximum absolute atomic E-state index is 3.43. The Morgan fingerprint density at radius 2 is 2.36 bits per heavy atom. The molecule has 0 radical (unpaired) electrons. The van der Waals surface area contributed by atoms with Crippen molar-refractivity contribution in [2.24, 2.45) is 0 Å². The summed E-state index contributed by atoms with van der Waals surface area (Å²) in [4.78, 5) is 1.48. The fourth-order valence-electron chi connectivity index (χ4n) is 0.806. The lowest BCUT2D eigenvalue weighted by Gasteiger charge is -1.89. The Hall–Kier alpha value is 0.530. The van der Waals surface area contributed by atoms with Gasteiger partial charge in [-0.2, -0.15) is 0 Å². The average molecular weight is 251 g/mol. The van der Waals surface area contributed by atoms with Gasteiger partial charge in [0.25, 0.3) is 0 Å². The molecule has 0 saturated heterocycles. The van der Waals surface area contributed by atoms with Crippen LogP contribution in [0.5, 0.6) is 0 Å². The Bertz CT molecular complexity index is 187. The SMILES string of the molecule is CCSc1ccc(CCBr)s1. The van der Waals surface area contributed by atoms with Crippen molar-refractivity contribution in [3.05, 3.63) is 17.0 Å². The third kappa shape index (κ3) is 3.18. The molecule has 0 bridgehead atoms. The molecule has 1 aromatic heterocycles. The van der Waals surface area contributed by atoms with E-state index in [1.165, 1.54) is 14.8 Å². The van der Waals surface area contributed by atoms with Gasteiger partial charge in [0.15, 0.2) is 0 Å². The highest BCUT2D eigenvalue weighted by atomic mass is 79.9. The molecule has 0 N–H and O–H groups in total. The molecule has 1 heterocycles. The molecule has 0 spiro atoms. The second kappa shape index (κ2) is 5.22. The molecular formula is C8H11BrS2. The third-order valence-corrected chi connectivity index (χ3v) is 3.91. The van der Waals surface area contributed by atoms with Gasteiger partial charge in [0.1, 0.15) is 0 Å². The van der Waals surface area contributed by atoms with Crippen molar-refractivity contribution in [3.8, 4) is 0 Å². The van der Waals surface area contributed by atoms with Crippen LogP contribution in [0.4, 0.5) is 0 Å². The van der Waals surface area contributed by atoms with Gasteiger partial charge in [-0.05, 0) is 24.3 Å². The first-order chi connectivity index (χ1) is 5.36. The van der Waals surface area contributed by atoms with Crippen LogP contribution in [0.3, 0.4) is 0 Å². The van der Waals surface area contributed by atoms with Crippen LogP contribution in [0.15, 0.2) is 16.3 Å². The van der Waals surface area contributed by atoms with Crippen molar-refractivity contribution < 1.29 is 0 Å². The van der Waals surface area contributed by atoms with Gasteiger partial charge in [0.05, 0.1) is 4.21 Å². The fraction of sp³-hybridized carbons (Fsp3) is 0.500. The van der Waals surface area contributed by atoms with Crippen LogP contribution in [0.1, 0.15) is 11.8 Å². The number of rotatable bonds is 4. The third-order valence-electron chi connectivity index (χ3n) is 1.26. The van der Waals surface area contributed by atoms with E-state index in [1.807, 2.05) is 23.1 Å². The van der Waals surface area contributed by atoms with Crippen LogP contribution in [-0.2, 0) is 6.42 Å². The zero-order valence-electron chi connectivity index (χ0n) is 6.47. The van der Waals surface area contributed by atoms with Crippen molar-refractivity contribution in [2.45, 2.75) is 17.6 Å². The zero-order valence-corrected chi connectivity index (χ0v) is 9.69. The average Bonchev–Trinajstić information content (AvgIpc) is 2.38. The largest absolute Gasteiger partial charge is 0.134 e. The molecule has 0 amide bonds. The lowest BCUT2D eigenvalue weighted by atomic mass is 10.4. The summed E-state index contributed by atoms with van der Waals surface area (Å²) in [6.07, 6.45) is 1.16. The van der Waals surface area contributed by atoms with Gasteiger partial charge in [-0.3, -0.25) is 0 Å². The summed E-state index contributed by atoms with van der Waals surface area (Å²) >= 11 is 7.27. The summed E-state index contributed by atoms with van der Waals surface area (Å²) in [6, 6.07) is 4.45. The molecule has 1 rings (SSSR count). The van der Waals surface area contributed by atoms with E-state index in [0.717, 1.165) is 11.8 Å². The van der Waals surface area contributed by atoms with E-state index in [9.17, 15) is 0 Å². The summed E-state index contributed by atoms with van der Waals surface area (Å²) < 4.78 is 1.45. The lowest BCUT2D eigenvalue weighted by Crippen LogP contribution is -1.76. The van der Waals surface area contributed by atoms with E-state index in [-0.39, 0.29) is 0 Å². The van der Waals surface area contributed by atoms with E-state index < -0.39 is 0 Å². The summed E-state index contributed by atoms with van der Waals surface area (Å²) in [6.45, 7) is 2.19. The predicted molar refractivity (Wildman–Crippen MR) is 58.2 cm³/mol. The second-order valence-electron chi connectivity index (χ2n) is 2.09. The first-order valence-electron chi connectivity index (χ1n) is 3.64. The number of hydrogen-bond donors (Lipinski definition) is 0. The molecule has 0 atom stereocenters. The van der Waals surface area contributed by atoms with Crippen molar-refractivity contribution in [1.29, 1.82) is 0 Å². The number of hydrogen-bond acceptors (Lipinski definition) is 2. The van der Waals surface area contributed by atoms with Crippen LogP contribution < -0.4 is 0 Å². The molecule has 1 aromatic rings. The number of aryl methyl sites for hydroxylation is 1. The molecule has 0 aliphatic heterocycles. The Morgan fingerprint density at radius 3 is 3.00 bits per heavy atom. The van der Waals surface area contributed by atoms with Crippen LogP contribution in [0.2, 0.25) is 0 Å². The zero-order chi connectivity index (χ0) is 8.10. The smallest absolute Gasteiger partial charge is 0.0601 e. The highest BCUT2D eigenvalue weighted by Crippen LogP contribution is 2.27. The molecule has 0 aliphatic rings. The van der Waals surface area contributed by atoms with Crippen LogP contribution in [0, 0.1) is 0 Å². The van der Waals surface area contributed by atoms with E-state index in [2.05, 4.69) is 35.0 Å². The van der Waals surface area contributed by atoms with Crippen molar-refractivity contribution in [3.63, 3.8) is 0 Å². The van der Waals surface area contributed by atoms with Gasteiger partial charge in [-0.15, -0.1) is 23.1 Å². The van der Waals surface area contributed by atoms with Crippen molar-refractivity contribution >= 4 is 39.0 Å². The highest BCUT2D eigenvalue weighted by Gasteiger charge is 1.97. The van der Waals surface area contributed by atoms with Crippen molar-refractivity contribution in [2.75, 3.05) is 11.1 Å². The quantitative estimate of drug-likeness (QED) is 0.579. The maximum Gasteiger partial charge on any atom is 0.0601 e. The summed E-state index contributed by atoms with van der Waals surface area (Å²) in [5.74, 6) is 1.17. The van der Waals surface area contributed by atoms with Crippen LogP contribution in [-0.4, -0.2) is 11.1 Å². The Balaban J connectivity index is 2.51. The minimum atomic E-state index is 1.07. The number of alkyl halides is 1. The minimum Gasteiger partial charge on any atom is -0.134 e. The van der Waals surface area contributed by atoms with Gasteiger partial charge in [0.2, 0.25) is 0 Å². The lowest BCUT2D eigenvalue weighted by molar-refractivity contribution is 1.22. The molecule has 0 saturated carbocycles. The second-order valence-corrected chi connectivity index (χ2v) is 5.62. The van der Waals surface area contributed by atoms with Gasteiger partial charge >= 0.3 is 0 Å². The Morgan fingerprint density at radius 1 is 1.55 bits per heavy atom. The van der Waals surface area contributed by atoms with Gasteiger partial charge in [-0.25, -0.2) is 0 Å². The molecule has 0 aliphatic carbocycles. The van der Waals surface area contributed by atoms with E-state index in [4.69, 9.17) is 0 Å². The monoisotopic (exact) mass is 250 g/mol. The van der Waals surface area contributed by atoms with Crippen LogP contribution >= 0.6 is 39.0 Å². The molecule has 0 nitrogen and oxygen atoms in total. The molecule has 0 unspecified atom stereocenters. The summed E-state index contributed by atoms with van der Waals surface area (Å²) in [5, 5.41) is 1.07. The predicted octanol–water partition coefficient (Wildman–Crippen LogP) is 3.80. The fourth-order valence-corrected chi connectivity index (χ4v) is 3.59. The standard InChI is InChI=1S/C8H11BrS2/c1-2-10-8-4-3-7(11-8)5-6-9/h3-4H,2,5-6H2,1H3. The molecule has 62 valence electrons. The minimum absolute atomic E-state index is 1.07. The Labute approximate surface area is 84.5 Å². The number of halogens is 1.